The van der Waals surface area contributed by atoms with Crippen LogP contribution in [-0.4, -0.2) is 4.98 Å². The van der Waals surface area contributed by atoms with Crippen LogP contribution in [0.1, 0.15) is 23.3 Å². The maximum Gasteiger partial charge on any atom is 0.0313 e. The average molecular weight is 153 g/mol. The van der Waals surface area contributed by atoms with Gasteiger partial charge in [0.05, 0.1) is 0 Å². The molecule has 1 unspecified atom stereocenters. The van der Waals surface area contributed by atoms with Gasteiger partial charge in [0.15, 0.2) is 0 Å². The Morgan fingerprint density at radius 1 is 1.60 bits per heavy atom. The third kappa shape index (κ3) is 1.51. The minimum absolute atomic E-state index is 0.286. The fourth-order valence-corrected chi connectivity index (χ4v) is 1.18. The Kier molecular flexibility index (Phi) is 2.33. The first-order valence-electron chi connectivity index (χ1n) is 3.30. The van der Waals surface area contributed by atoms with Gasteiger partial charge >= 0.3 is 0 Å². The number of aryl methyl sites for hydroxylation is 1. The highest BCUT2D eigenvalue weighted by molar-refractivity contribution is 7.80. The highest BCUT2D eigenvalue weighted by Gasteiger charge is 2.01. The Hall–Kier alpha value is -0.500. The van der Waals surface area contributed by atoms with Crippen LogP contribution in [0.15, 0.2) is 18.5 Å². The molecule has 0 fully saturated rings. The molecule has 0 N–H and O–H groups in total. The number of nitrogens with zero attached hydrogens (tertiary/aromatic N) is 1. The van der Waals surface area contributed by atoms with E-state index in [-0.39, 0.29) is 5.25 Å². The lowest BCUT2D eigenvalue weighted by molar-refractivity contribution is 1.05. The summed E-state index contributed by atoms with van der Waals surface area (Å²) in [7, 11) is 0. The Morgan fingerprint density at radius 2 is 2.30 bits per heavy atom. The van der Waals surface area contributed by atoms with Gasteiger partial charge in [-0.15, -0.1) is 0 Å². The van der Waals surface area contributed by atoms with Gasteiger partial charge < -0.3 is 0 Å². The smallest absolute Gasteiger partial charge is 0.0313 e. The van der Waals surface area contributed by atoms with Crippen LogP contribution in [0.5, 0.6) is 0 Å². The third-order valence-electron chi connectivity index (χ3n) is 1.53. The number of rotatable bonds is 1. The molecule has 0 aromatic carbocycles. The standard InChI is InChI=1S/C8H11NS/c1-6-3-4-9-5-8(6)7(2)10/h3-5,7,10H,1-2H3. The monoisotopic (exact) mass is 153 g/mol. The summed E-state index contributed by atoms with van der Waals surface area (Å²) in [6.45, 7) is 4.12. The van der Waals surface area contributed by atoms with Gasteiger partial charge in [-0.1, -0.05) is 0 Å². The predicted molar refractivity (Wildman–Crippen MR) is 46.4 cm³/mol. The number of pyridine rings is 1. The first kappa shape index (κ1) is 7.61. The first-order valence-corrected chi connectivity index (χ1v) is 3.82. The molecule has 1 aromatic heterocycles. The highest BCUT2D eigenvalue weighted by atomic mass is 32.1. The molecule has 2 heteroatoms. The zero-order valence-electron chi connectivity index (χ0n) is 6.20. The Labute approximate surface area is 66.9 Å². The molecule has 1 heterocycles. The van der Waals surface area contributed by atoms with Crippen LogP contribution in [0, 0.1) is 6.92 Å². The minimum atomic E-state index is 0.286. The van der Waals surface area contributed by atoms with Crippen molar-refractivity contribution in [2.24, 2.45) is 0 Å². The number of aromatic nitrogens is 1. The molecule has 0 radical (unpaired) electrons. The topological polar surface area (TPSA) is 12.9 Å². The van der Waals surface area contributed by atoms with Gasteiger partial charge in [0.1, 0.15) is 0 Å². The molecule has 10 heavy (non-hydrogen) atoms. The van der Waals surface area contributed by atoms with E-state index in [9.17, 15) is 0 Å². The van der Waals surface area contributed by atoms with Crippen LogP contribution in [0.3, 0.4) is 0 Å². The maximum atomic E-state index is 4.32. The number of hydrogen-bond donors (Lipinski definition) is 1. The predicted octanol–water partition coefficient (Wildman–Crippen LogP) is 2.38. The summed E-state index contributed by atoms with van der Waals surface area (Å²) in [5.74, 6) is 0. The van der Waals surface area contributed by atoms with E-state index in [1.54, 1.807) is 6.20 Å². The van der Waals surface area contributed by atoms with Gasteiger partial charge in [-0.3, -0.25) is 4.98 Å². The molecule has 54 valence electrons. The summed E-state index contributed by atoms with van der Waals surface area (Å²) in [6.07, 6.45) is 3.67. The molecule has 0 aliphatic rings. The molecular formula is C8H11NS. The lowest BCUT2D eigenvalue weighted by Crippen LogP contribution is -1.89. The second-order valence-corrected chi connectivity index (χ2v) is 3.18. The molecular weight excluding hydrogens is 142 g/mol. The summed E-state index contributed by atoms with van der Waals surface area (Å²) in [5, 5.41) is 0.286. The van der Waals surface area contributed by atoms with Crippen LogP contribution in [-0.2, 0) is 0 Å². The summed E-state index contributed by atoms with van der Waals surface area (Å²) in [5.41, 5.74) is 2.48. The molecule has 1 aromatic rings. The fraction of sp³-hybridized carbons (Fsp3) is 0.375. The Bertz CT molecular complexity index is 220. The SMILES string of the molecule is Cc1ccncc1C(C)S. The second-order valence-electron chi connectivity index (χ2n) is 2.41. The van der Waals surface area contributed by atoms with Crippen LogP contribution in [0.2, 0.25) is 0 Å². The summed E-state index contributed by atoms with van der Waals surface area (Å²) in [6, 6.07) is 2.00. The Morgan fingerprint density at radius 3 is 2.70 bits per heavy atom. The molecule has 0 aliphatic carbocycles. The Balaban J connectivity index is 3.03. The van der Waals surface area contributed by atoms with Crippen molar-refractivity contribution in [3.8, 4) is 0 Å². The van der Waals surface area contributed by atoms with E-state index in [1.807, 2.05) is 19.2 Å². The molecule has 0 saturated heterocycles. The van der Waals surface area contributed by atoms with Crippen LogP contribution in [0.4, 0.5) is 0 Å². The van der Waals surface area contributed by atoms with Crippen molar-refractivity contribution < 1.29 is 0 Å². The summed E-state index contributed by atoms with van der Waals surface area (Å²) >= 11 is 4.32. The molecule has 0 aliphatic heterocycles. The van der Waals surface area contributed by atoms with Gasteiger partial charge in [-0.05, 0) is 31.0 Å². The van der Waals surface area contributed by atoms with Crippen molar-refractivity contribution in [1.82, 2.24) is 4.98 Å². The van der Waals surface area contributed by atoms with E-state index in [4.69, 9.17) is 0 Å². The van der Waals surface area contributed by atoms with Gasteiger partial charge in [0.25, 0.3) is 0 Å². The van der Waals surface area contributed by atoms with Crippen molar-refractivity contribution >= 4 is 12.6 Å². The van der Waals surface area contributed by atoms with Crippen molar-refractivity contribution in [3.05, 3.63) is 29.6 Å². The van der Waals surface area contributed by atoms with Crippen molar-refractivity contribution in [1.29, 1.82) is 0 Å². The van der Waals surface area contributed by atoms with Gasteiger partial charge in [-0.2, -0.15) is 12.6 Å². The van der Waals surface area contributed by atoms with E-state index in [1.165, 1.54) is 11.1 Å². The lowest BCUT2D eigenvalue weighted by Gasteiger charge is -2.05. The van der Waals surface area contributed by atoms with E-state index >= 15 is 0 Å². The van der Waals surface area contributed by atoms with E-state index in [2.05, 4.69) is 24.5 Å². The number of thiol groups is 1. The minimum Gasteiger partial charge on any atom is -0.264 e. The first-order chi connectivity index (χ1) is 4.72. The van der Waals surface area contributed by atoms with E-state index in [0.29, 0.717) is 0 Å². The third-order valence-corrected chi connectivity index (χ3v) is 1.81. The summed E-state index contributed by atoms with van der Waals surface area (Å²) in [4.78, 5) is 4.02. The molecule has 1 rings (SSSR count). The quantitative estimate of drug-likeness (QED) is 0.611. The van der Waals surface area contributed by atoms with Crippen LogP contribution >= 0.6 is 12.6 Å². The maximum absolute atomic E-state index is 4.32. The number of hydrogen-bond acceptors (Lipinski definition) is 2. The van der Waals surface area contributed by atoms with Gasteiger partial charge in [-0.25, -0.2) is 0 Å². The van der Waals surface area contributed by atoms with Crippen molar-refractivity contribution in [2.45, 2.75) is 19.1 Å². The molecule has 0 saturated carbocycles. The van der Waals surface area contributed by atoms with Gasteiger partial charge in [0.2, 0.25) is 0 Å². The molecule has 0 bridgehead atoms. The molecule has 1 atom stereocenters. The van der Waals surface area contributed by atoms with Crippen molar-refractivity contribution in [3.63, 3.8) is 0 Å². The lowest BCUT2D eigenvalue weighted by atomic mass is 10.1. The zero-order valence-corrected chi connectivity index (χ0v) is 7.10. The molecule has 0 spiro atoms. The van der Waals surface area contributed by atoms with Crippen molar-refractivity contribution in [2.75, 3.05) is 0 Å². The largest absolute Gasteiger partial charge is 0.264 e. The van der Waals surface area contributed by atoms with Gasteiger partial charge in [0, 0.05) is 17.6 Å². The highest BCUT2D eigenvalue weighted by Crippen LogP contribution is 2.20. The molecule has 0 amide bonds. The van der Waals surface area contributed by atoms with E-state index in [0.717, 1.165) is 0 Å². The second kappa shape index (κ2) is 3.06. The molecule has 1 nitrogen and oxygen atoms in total. The zero-order chi connectivity index (χ0) is 7.56. The van der Waals surface area contributed by atoms with Crippen LogP contribution < -0.4 is 0 Å². The summed E-state index contributed by atoms with van der Waals surface area (Å²) < 4.78 is 0. The van der Waals surface area contributed by atoms with Crippen LogP contribution in [0.25, 0.3) is 0 Å². The fourth-order valence-electron chi connectivity index (χ4n) is 0.914. The average Bonchev–Trinajstić information content (AvgIpc) is 1.88. The van der Waals surface area contributed by atoms with E-state index < -0.39 is 0 Å². The normalized spacial score (nSPS) is 13.1.